The van der Waals surface area contributed by atoms with E-state index in [2.05, 4.69) is 10.4 Å². The molecule has 31 heavy (non-hydrogen) atoms. The van der Waals surface area contributed by atoms with E-state index in [4.69, 9.17) is 4.74 Å². The highest BCUT2D eigenvalue weighted by molar-refractivity contribution is 6.02. The van der Waals surface area contributed by atoms with Crippen LogP contribution in [0.1, 0.15) is 42.7 Å². The van der Waals surface area contributed by atoms with E-state index in [1.54, 1.807) is 24.3 Å². The van der Waals surface area contributed by atoms with E-state index in [0.29, 0.717) is 23.9 Å². The third-order valence-electron chi connectivity index (χ3n) is 4.91. The number of fused-ring (bicyclic) bond motifs is 1. The van der Waals surface area contributed by atoms with Gasteiger partial charge >= 0.3 is 5.97 Å². The van der Waals surface area contributed by atoms with Crippen LogP contribution in [0.15, 0.2) is 59.4 Å². The summed E-state index contributed by atoms with van der Waals surface area (Å²) >= 11 is 0. The summed E-state index contributed by atoms with van der Waals surface area (Å²) in [5.41, 5.74) is 0.887. The monoisotopic (exact) mass is 421 g/mol. The Hall–Kier alpha value is -3.48. The lowest BCUT2D eigenvalue weighted by atomic mass is 10.0. The number of hydrogen-bond acceptors (Lipinski definition) is 5. The first-order chi connectivity index (χ1) is 14.9. The Morgan fingerprint density at radius 2 is 1.65 bits per heavy atom. The van der Waals surface area contributed by atoms with Crippen molar-refractivity contribution in [2.75, 3.05) is 13.2 Å². The van der Waals surface area contributed by atoms with Crippen LogP contribution in [0.3, 0.4) is 0 Å². The highest BCUT2D eigenvalue weighted by atomic mass is 16.5. The van der Waals surface area contributed by atoms with Gasteiger partial charge in [0.15, 0.2) is 12.3 Å². The van der Waals surface area contributed by atoms with E-state index in [1.807, 2.05) is 51.1 Å². The second kappa shape index (κ2) is 10.0. The molecular weight excluding hydrogens is 394 g/mol. The first-order valence-corrected chi connectivity index (χ1v) is 10.4. The fraction of sp³-hybridized carbons (Fsp3) is 0.333. The van der Waals surface area contributed by atoms with Crippen molar-refractivity contribution in [1.29, 1.82) is 0 Å². The van der Waals surface area contributed by atoms with Gasteiger partial charge in [-0.1, -0.05) is 69.3 Å². The van der Waals surface area contributed by atoms with Crippen LogP contribution < -0.4 is 10.9 Å². The van der Waals surface area contributed by atoms with E-state index >= 15 is 0 Å². The topological polar surface area (TPSA) is 90.3 Å². The van der Waals surface area contributed by atoms with Crippen LogP contribution in [-0.4, -0.2) is 34.8 Å². The zero-order chi connectivity index (χ0) is 22.4. The van der Waals surface area contributed by atoms with Crippen LogP contribution in [0, 0.1) is 5.92 Å². The summed E-state index contributed by atoms with van der Waals surface area (Å²) in [6.45, 7) is 6.32. The molecule has 0 spiro atoms. The van der Waals surface area contributed by atoms with Crippen LogP contribution >= 0.6 is 0 Å². The van der Waals surface area contributed by atoms with E-state index in [1.165, 1.54) is 4.68 Å². The van der Waals surface area contributed by atoms with Crippen molar-refractivity contribution in [3.05, 3.63) is 76.2 Å². The highest BCUT2D eigenvalue weighted by Crippen LogP contribution is 2.15. The zero-order valence-electron chi connectivity index (χ0n) is 18.0. The summed E-state index contributed by atoms with van der Waals surface area (Å²) in [5, 5.41) is 7.82. The maximum absolute atomic E-state index is 12.7. The lowest BCUT2D eigenvalue weighted by molar-refractivity contribution is -0.124. The summed E-state index contributed by atoms with van der Waals surface area (Å²) in [4.78, 5) is 37.5. The highest BCUT2D eigenvalue weighted by Gasteiger charge is 2.19. The third-order valence-corrected chi connectivity index (χ3v) is 4.91. The molecular formula is C24H27N3O4. The molecule has 0 fully saturated rings. The molecule has 3 rings (SSSR count). The summed E-state index contributed by atoms with van der Waals surface area (Å²) in [6.07, 6.45) is 0. The molecule has 0 saturated heterocycles. The quantitative estimate of drug-likeness (QED) is 0.565. The largest absolute Gasteiger partial charge is 0.451 e. The van der Waals surface area contributed by atoms with Crippen molar-refractivity contribution in [2.45, 2.75) is 33.2 Å². The van der Waals surface area contributed by atoms with Crippen molar-refractivity contribution < 1.29 is 14.3 Å². The number of carbonyl (C=O) groups is 2. The SMILES string of the molecule is CC(C)Cn1nc(C(=O)OCC(=O)NC[C@H](C)c2ccccc2)c2ccccc2c1=O. The van der Waals surface area contributed by atoms with Crippen LogP contribution in [0.25, 0.3) is 10.8 Å². The van der Waals surface area contributed by atoms with Crippen molar-refractivity contribution >= 4 is 22.6 Å². The maximum Gasteiger partial charge on any atom is 0.359 e. The van der Waals surface area contributed by atoms with Crippen LogP contribution in [0.2, 0.25) is 0 Å². The summed E-state index contributed by atoms with van der Waals surface area (Å²) in [7, 11) is 0. The number of rotatable bonds is 8. The fourth-order valence-corrected chi connectivity index (χ4v) is 3.27. The minimum atomic E-state index is -0.736. The molecule has 1 heterocycles. The van der Waals surface area contributed by atoms with Gasteiger partial charge in [-0.2, -0.15) is 5.10 Å². The van der Waals surface area contributed by atoms with Gasteiger partial charge in [0.1, 0.15) is 0 Å². The predicted octanol–water partition coefficient (Wildman–Crippen LogP) is 3.13. The fourth-order valence-electron chi connectivity index (χ4n) is 3.27. The lowest BCUT2D eigenvalue weighted by Gasteiger charge is -2.14. The molecule has 0 aliphatic heterocycles. The minimum absolute atomic E-state index is 0.0290. The van der Waals surface area contributed by atoms with Gasteiger partial charge in [-0.25, -0.2) is 9.48 Å². The van der Waals surface area contributed by atoms with Crippen molar-refractivity contribution in [1.82, 2.24) is 15.1 Å². The summed E-state index contributed by atoms with van der Waals surface area (Å²) in [6, 6.07) is 16.6. The van der Waals surface area contributed by atoms with Gasteiger partial charge < -0.3 is 10.1 Å². The summed E-state index contributed by atoms with van der Waals surface area (Å²) < 4.78 is 6.49. The van der Waals surface area contributed by atoms with Crippen LogP contribution in [0.4, 0.5) is 0 Å². The Bertz CT molecular complexity index is 1120. The van der Waals surface area contributed by atoms with Gasteiger partial charge in [0.2, 0.25) is 0 Å². The Labute approximate surface area is 181 Å². The number of esters is 1. The first kappa shape index (κ1) is 22.2. The van der Waals surface area contributed by atoms with E-state index in [0.717, 1.165) is 5.56 Å². The molecule has 1 aromatic heterocycles. The molecule has 7 heteroatoms. The number of carbonyl (C=O) groups excluding carboxylic acids is 2. The zero-order valence-corrected chi connectivity index (χ0v) is 18.0. The minimum Gasteiger partial charge on any atom is -0.451 e. The third kappa shape index (κ3) is 5.57. The molecule has 3 aromatic rings. The Kier molecular flexibility index (Phi) is 7.18. The van der Waals surface area contributed by atoms with Crippen molar-refractivity contribution in [3.63, 3.8) is 0 Å². The number of aromatic nitrogens is 2. The second-order valence-electron chi connectivity index (χ2n) is 7.97. The first-order valence-electron chi connectivity index (χ1n) is 10.4. The maximum atomic E-state index is 12.7. The predicted molar refractivity (Wildman–Crippen MR) is 119 cm³/mol. The van der Waals surface area contributed by atoms with Gasteiger partial charge in [0, 0.05) is 18.5 Å². The molecule has 0 radical (unpaired) electrons. The molecule has 0 unspecified atom stereocenters. The number of nitrogens with zero attached hydrogens (tertiary/aromatic N) is 2. The molecule has 162 valence electrons. The molecule has 2 aromatic carbocycles. The van der Waals surface area contributed by atoms with Crippen LogP contribution in [-0.2, 0) is 16.1 Å². The molecule has 7 nitrogen and oxygen atoms in total. The van der Waals surface area contributed by atoms with E-state index in [9.17, 15) is 14.4 Å². The Morgan fingerprint density at radius 1 is 1.00 bits per heavy atom. The van der Waals surface area contributed by atoms with Crippen LogP contribution in [0.5, 0.6) is 0 Å². The average molecular weight is 421 g/mol. The molecule has 0 saturated carbocycles. The van der Waals surface area contributed by atoms with Gasteiger partial charge in [-0.3, -0.25) is 9.59 Å². The van der Waals surface area contributed by atoms with Gasteiger partial charge in [0.25, 0.3) is 11.5 Å². The van der Waals surface area contributed by atoms with E-state index in [-0.39, 0.29) is 23.1 Å². The molecule has 0 aliphatic rings. The van der Waals surface area contributed by atoms with E-state index < -0.39 is 18.5 Å². The Balaban J connectivity index is 1.68. The second-order valence-corrected chi connectivity index (χ2v) is 7.97. The molecule has 1 N–H and O–H groups in total. The lowest BCUT2D eigenvalue weighted by Crippen LogP contribution is -2.32. The van der Waals surface area contributed by atoms with Gasteiger partial charge in [0.05, 0.1) is 5.39 Å². The number of benzene rings is 2. The molecule has 1 atom stereocenters. The number of nitrogens with one attached hydrogen (secondary N) is 1. The number of amides is 1. The number of hydrogen-bond donors (Lipinski definition) is 1. The van der Waals surface area contributed by atoms with Gasteiger partial charge in [-0.05, 0) is 23.5 Å². The smallest absolute Gasteiger partial charge is 0.359 e. The van der Waals surface area contributed by atoms with Crippen molar-refractivity contribution in [2.24, 2.45) is 5.92 Å². The van der Waals surface area contributed by atoms with Gasteiger partial charge in [-0.15, -0.1) is 0 Å². The normalized spacial score (nSPS) is 12.0. The Morgan fingerprint density at radius 3 is 2.32 bits per heavy atom. The van der Waals surface area contributed by atoms with Crippen molar-refractivity contribution in [3.8, 4) is 0 Å². The molecule has 1 amide bonds. The molecule has 0 aliphatic carbocycles. The average Bonchev–Trinajstić information content (AvgIpc) is 2.78. The molecule has 0 bridgehead atoms. The number of ether oxygens (including phenoxy) is 1. The summed E-state index contributed by atoms with van der Waals surface area (Å²) in [5.74, 6) is -0.824. The standard InChI is InChI=1S/C24H27N3O4/c1-16(2)14-27-23(29)20-12-8-7-11-19(20)22(26-27)24(30)31-15-21(28)25-13-17(3)18-9-5-4-6-10-18/h4-12,16-17H,13-15H2,1-3H3,(H,25,28)/t17-/m0/s1.